The number of aryl methyl sites for hydroxylation is 1. The van der Waals surface area contributed by atoms with Crippen LogP contribution in [0.1, 0.15) is 43.9 Å². The van der Waals surface area contributed by atoms with E-state index in [0.717, 1.165) is 18.0 Å². The zero-order valence-corrected chi connectivity index (χ0v) is 8.69. The summed E-state index contributed by atoms with van der Waals surface area (Å²) >= 11 is 0. The zero-order chi connectivity index (χ0) is 9.97. The van der Waals surface area contributed by atoms with Gasteiger partial charge in [-0.2, -0.15) is 0 Å². The van der Waals surface area contributed by atoms with E-state index in [9.17, 15) is 5.11 Å². The van der Waals surface area contributed by atoms with Gasteiger partial charge in [-0.1, -0.05) is 25.7 Å². The Morgan fingerprint density at radius 3 is 2.86 bits per heavy atom. The van der Waals surface area contributed by atoms with Crippen LogP contribution in [0, 0.1) is 5.92 Å². The summed E-state index contributed by atoms with van der Waals surface area (Å²) in [6.45, 7) is 0. The lowest BCUT2D eigenvalue weighted by Crippen LogP contribution is -2.07. The molecule has 0 aromatic carbocycles. The topological polar surface area (TPSA) is 38.0 Å². The molecule has 78 valence electrons. The van der Waals surface area contributed by atoms with E-state index in [4.69, 9.17) is 0 Å². The molecule has 0 aliphatic heterocycles. The molecule has 1 saturated carbocycles. The number of hydrogen-bond acceptors (Lipinski definition) is 2. The van der Waals surface area contributed by atoms with E-state index in [1.54, 1.807) is 12.5 Å². The molecule has 1 aliphatic carbocycles. The molecule has 1 heterocycles. The fraction of sp³-hybridized carbons (Fsp3) is 0.727. The third-order valence-electron chi connectivity index (χ3n) is 3.23. The SMILES string of the molecule is Cn1cncc1C(O)CC1CCCC1. The van der Waals surface area contributed by atoms with Crippen LogP contribution in [-0.2, 0) is 7.05 Å². The number of rotatable bonds is 3. The van der Waals surface area contributed by atoms with Gasteiger partial charge in [0.25, 0.3) is 0 Å². The van der Waals surface area contributed by atoms with Crippen LogP contribution in [0.2, 0.25) is 0 Å². The van der Waals surface area contributed by atoms with E-state index in [1.807, 2.05) is 11.6 Å². The second kappa shape index (κ2) is 4.13. The first-order chi connectivity index (χ1) is 6.77. The Labute approximate surface area is 84.8 Å². The first kappa shape index (κ1) is 9.71. The third kappa shape index (κ3) is 1.98. The summed E-state index contributed by atoms with van der Waals surface area (Å²) in [6, 6.07) is 0. The van der Waals surface area contributed by atoms with E-state index in [2.05, 4.69) is 4.98 Å². The highest BCUT2D eigenvalue weighted by Gasteiger charge is 2.20. The molecule has 0 radical (unpaired) electrons. The van der Waals surface area contributed by atoms with Gasteiger partial charge in [0.2, 0.25) is 0 Å². The predicted molar refractivity (Wildman–Crippen MR) is 54.7 cm³/mol. The molecule has 14 heavy (non-hydrogen) atoms. The third-order valence-corrected chi connectivity index (χ3v) is 3.23. The van der Waals surface area contributed by atoms with Crippen LogP contribution in [0.5, 0.6) is 0 Å². The van der Waals surface area contributed by atoms with Crippen LogP contribution in [0.4, 0.5) is 0 Å². The van der Waals surface area contributed by atoms with Crippen molar-refractivity contribution in [1.82, 2.24) is 9.55 Å². The molecule has 1 N–H and O–H groups in total. The summed E-state index contributed by atoms with van der Waals surface area (Å²) in [5, 5.41) is 9.99. The molecule has 1 aromatic rings. The Morgan fingerprint density at radius 1 is 1.57 bits per heavy atom. The minimum absolute atomic E-state index is 0.328. The average molecular weight is 194 g/mol. The Bertz CT molecular complexity index is 289. The summed E-state index contributed by atoms with van der Waals surface area (Å²) in [7, 11) is 1.93. The highest BCUT2D eigenvalue weighted by molar-refractivity contribution is 5.02. The van der Waals surface area contributed by atoms with Crippen molar-refractivity contribution in [3.63, 3.8) is 0 Å². The minimum Gasteiger partial charge on any atom is -0.387 e. The summed E-state index contributed by atoms with van der Waals surface area (Å²) in [5.41, 5.74) is 0.942. The maximum atomic E-state index is 9.99. The van der Waals surface area contributed by atoms with E-state index in [1.165, 1.54) is 25.7 Å². The van der Waals surface area contributed by atoms with Crippen molar-refractivity contribution < 1.29 is 5.11 Å². The predicted octanol–water partition coefficient (Wildman–Crippen LogP) is 2.03. The van der Waals surface area contributed by atoms with Crippen molar-refractivity contribution in [2.45, 2.75) is 38.2 Å². The van der Waals surface area contributed by atoms with Crippen molar-refractivity contribution in [3.05, 3.63) is 18.2 Å². The van der Waals surface area contributed by atoms with Gasteiger partial charge < -0.3 is 9.67 Å². The van der Waals surface area contributed by atoms with Crippen LogP contribution in [0.15, 0.2) is 12.5 Å². The Balaban J connectivity index is 1.95. The van der Waals surface area contributed by atoms with Gasteiger partial charge in [0.1, 0.15) is 0 Å². The standard InChI is InChI=1S/C11H18N2O/c1-13-8-12-7-10(13)11(14)6-9-4-2-3-5-9/h7-9,11,14H,2-6H2,1H3. The van der Waals surface area contributed by atoms with Gasteiger partial charge in [-0.3, -0.25) is 0 Å². The summed E-state index contributed by atoms with van der Waals surface area (Å²) in [6.07, 6.45) is 9.33. The maximum Gasteiger partial charge on any atom is 0.0958 e. The summed E-state index contributed by atoms with van der Waals surface area (Å²) < 4.78 is 1.90. The molecule has 1 atom stereocenters. The Morgan fingerprint density at radius 2 is 2.29 bits per heavy atom. The monoisotopic (exact) mass is 194 g/mol. The van der Waals surface area contributed by atoms with E-state index < -0.39 is 0 Å². The molecular weight excluding hydrogens is 176 g/mol. The lowest BCUT2D eigenvalue weighted by atomic mass is 9.99. The van der Waals surface area contributed by atoms with Crippen LogP contribution < -0.4 is 0 Å². The van der Waals surface area contributed by atoms with Gasteiger partial charge in [-0.05, 0) is 12.3 Å². The number of aliphatic hydroxyl groups is 1. The number of nitrogens with zero attached hydrogens (tertiary/aromatic N) is 2. The molecule has 1 aliphatic rings. The molecule has 1 aromatic heterocycles. The van der Waals surface area contributed by atoms with Gasteiger partial charge in [0.05, 0.1) is 24.3 Å². The molecule has 3 heteroatoms. The molecule has 2 rings (SSSR count). The molecule has 1 unspecified atom stereocenters. The van der Waals surface area contributed by atoms with Gasteiger partial charge in [-0.15, -0.1) is 0 Å². The number of aromatic nitrogens is 2. The van der Waals surface area contributed by atoms with Crippen molar-refractivity contribution >= 4 is 0 Å². The number of imidazole rings is 1. The van der Waals surface area contributed by atoms with Crippen LogP contribution >= 0.6 is 0 Å². The average Bonchev–Trinajstić information content (AvgIpc) is 2.75. The highest BCUT2D eigenvalue weighted by atomic mass is 16.3. The zero-order valence-electron chi connectivity index (χ0n) is 8.69. The molecule has 0 bridgehead atoms. The largest absolute Gasteiger partial charge is 0.387 e. The first-order valence-electron chi connectivity index (χ1n) is 5.41. The highest BCUT2D eigenvalue weighted by Crippen LogP contribution is 2.32. The smallest absolute Gasteiger partial charge is 0.0958 e. The fourth-order valence-corrected chi connectivity index (χ4v) is 2.37. The van der Waals surface area contributed by atoms with Crippen LogP contribution in [0.25, 0.3) is 0 Å². The fourth-order valence-electron chi connectivity index (χ4n) is 2.37. The molecule has 3 nitrogen and oxygen atoms in total. The van der Waals surface area contributed by atoms with E-state index in [-0.39, 0.29) is 6.10 Å². The number of hydrogen-bond donors (Lipinski definition) is 1. The maximum absolute atomic E-state index is 9.99. The van der Waals surface area contributed by atoms with Gasteiger partial charge in [0, 0.05) is 7.05 Å². The van der Waals surface area contributed by atoms with Crippen molar-refractivity contribution in [1.29, 1.82) is 0 Å². The lowest BCUT2D eigenvalue weighted by molar-refractivity contribution is 0.137. The van der Waals surface area contributed by atoms with Gasteiger partial charge >= 0.3 is 0 Å². The number of aliphatic hydroxyl groups excluding tert-OH is 1. The van der Waals surface area contributed by atoms with Crippen LogP contribution in [-0.4, -0.2) is 14.7 Å². The minimum atomic E-state index is -0.328. The second-order valence-electron chi connectivity index (χ2n) is 4.33. The van der Waals surface area contributed by atoms with Gasteiger partial charge in [-0.25, -0.2) is 4.98 Å². The van der Waals surface area contributed by atoms with Crippen LogP contribution in [0.3, 0.4) is 0 Å². The molecular formula is C11H18N2O. The molecule has 1 fully saturated rings. The summed E-state index contributed by atoms with van der Waals surface area (Å²) in [5.74, 6) is 0.722. The van der Waals surface area contributed by atoms with Crippen molar-refractivity contribution in [2.24, 2.45) is 13.0 Å². The molecule has 0 spiro atoms. The van der Waals surface area contributed by atoms with E-state index >= 15 is 0 Å². The molecule has 0 amide bonds. The lowest BCUT2D eigenvalue weighted by Gasteiger charge is -2.15. The second-order valence-corrected chi connectivity index (χ2v) is 4.33. The summed E-state index contributed by atoms with van der Waals surface area (Å²) in [4.78, 5) is 4.02. The van der Waals surface area contributed by atoms with E-state index in [0.29, 0.717) is 0 Å². The Kier molecular flexibility index (Phi) is 2.87. The first-order valence-corrected chi connectivity index (χ1v) is 5.41. The normalized spacial score (nSPS) is 20.1. The van der Waals surface area contributed by atoms with Crippen molar-refractivity contribution in [3.8, 4) is 0 Å². The van der Waals surface area contributed by atoms with Gasteiger partial charge in [0.15, 0.2) is 0 Å². The quantitative estimate of drug-likeness (QED) is 0.799. The van der Waals surface area contributed by atoms with Crippen molar-refractivity contribution in [2.75, 3.05) is 0 Å². The molecule has 0 saturated heterocycles. The Hall–Kier alpha value is -0.830.